The Kier molecular flexibility index (Phi) is 6.00. The van der Waals surface area contributed by atoms with Crippen LogP contribution in [0.4, 0.5) is 11.4 Å². The average molecular weight is 499 g/mol. The number of carbonyl (C=O) groups is 4. The van der Waals surface area contributed by atoms with Gasteiger partial charge in [-0.2, -0.15) is 0 Å². The van der Waals surface area contributed by atoms with Crippen LogP contribution in [0.2, 0.25) is 0 Å². The van der Waals surface area contributed by atoms with Crippen molar-refractivity contribution in [1.82, 2.24) is 4.90 Å². The van der Waals surface area contributed by atoms with Gasteiger partial charge in [-0.15, -0.1) is 0 Å². The second-order valence-corrected chi connectivity index (χ2v) is 8.93. The lowest BCUT2D eigenvalue weighted by Crippen LogP contribution is -2.30. The number of nitrogens with zero attached hydrogens (tertiary/aromatic N) is 3. The fourth-order valence-electron chi connectivity index (χ4n) is 4.67. The van der Waals surface area contributed by atoms with Crippen LogP contribution in [0, 0.1) is 23.0 Å². The Labute approximate surface area is 211 Å². The number of aryl methyl sites for hydroxylation is 1. The van der Waals surface area contributed by atoms with E-state index in [0.717, 1.165) is 10.5 Å². The molecule has 0 aliphatic carbocycles. The number of carbonyl (C=O) groups excluding carboxylic acids is 4. The van der Waals surface area contributed by atoms with Crippen LogP contribution >= 0.6 is 0 Å². The monoisotopic (exact) mass is 499 g/mol. The summed E-state index contributed by atoms with van der Waals surface area (Å²) < 4.78 is 5.51. The molecule has 1 atom stereocenters. The minimum absolute atomic E-state index is 0.0416. The molecule has 0 bridgehead atoms. The Morgan fingerprint density at radius 3 is 2.49 bits per heavy atom. The normalized spacial score (nSPS) is 16.8. The van der Waals surface area contributed by atoms with Gasteiger partial charge in [0, 0.05) is 25.6 Å². The first-order valence-corrected chi connectivity index (χ1v) is 11.5. The Bertz CT molecular complexity index is 1470. The molecular weight excluding hydrogens is 478 g/mol. The number of ether oxygens (including phenoxy) is 1. The van der Waals surface area contributed by atoms with E-state index >= 15 is 0 Å². The first-order valence-electron chi connectivity index (χ1n) is 11.5. The van der Waals surface area contributed by atoms with Crippen LogP contribution in [0.5, 0.6) is 5.75 Å². The quantitative estimate of drug-likeness (QED) is 0.166. The van der Waals surface area contributed by atoms with Crippen molar-refractivity contribution >= 4 is 35.1 Å². The molecular formula is C27H21N3O7. The number of nitro benzene ring substituents is 1. The predicted molar refractivity (Wildman–Crippen MR) is 131 cm³/mol. The number of likely N-dealkylation sites (tertiary alicyclic amines) is 1. The molecule has 0 radical (unpaired) electrons. The summed E-state index contributed by atoms with van der Waals surface area (Å²) in [5.74, 6) is -2.55. The second kappa shape index (κ2) is 9.30. The maximum Gasteiger partial charge on any atom is 0.316 e. The van der Waals surface area contributed by atoms with Crippen LogP contribution in [0.15, 0.2) is 66.7 Å². The third kappa shape index (κ3) is 4.33. The van der Waals surface area contributed by atoms with E-state index in [1.54, 1.807) is 11.8 Å². The zero-order chi connectivity index (χ0) is 26.3. The molecule has 2 heterocycles. The summed E-state index contributed by atoms with van der Waals surface area (Å²) in [6.07, 6.45) is 0.0521. The van der Waals surface area contributed by atoms with Gasteiger partial charge >= 0.3 is 5.97 Å². The summed E-state index contributed by atoms with van der Waals surface area (Å²) >= 11 is 0. The number of amides is 3. The van der Waals surface area contributed by atoms with Crippen molar-refractivity contribution < 1.29 is 28.8 Å². The van der Waals surface area contributed by atoms with Gasteiger partial charge in [0.15, 0.2) is 0 Å². The smallest absolute Gasteiger partial charge is 0.316 e. The van der Waals surface area contributed by atoms with E-state index in [0.29, 0.717) is 12.1 Å². The van der Waals surface area contributed by atoms with Gasteiger partial charge < -0.3 is 9.64 Å². The molecule has 1 saturated heterocycles. The van der Waals surface area contributed by atoms with Gasteiger partial charge in [-0.1, -0.05) is 36.4 Å². The van der Waals surface area contributed by atoms with Gasteiger partial charge in [0.05, 0.1) is 22.1 Å². The number of hydrogen-bond donors (Lipinski definition) is 0. The Hall–Kier alpha value is -4.86. The van der Waals surface area contributed by atoms with Crippen LogP contribution in [0.1, 0.15) is 38.3 Å². The molecule has 3 aromatic rings. The standard InChI is InChI=1S/C27H21N3O7/c1-16-12-19(37-27(34)18-13-23(31)28(15-18)14-17-6-3-2-4-7-17)10-11-21(16)29-25(32)20-8-5-9-22(30(35)36)24(20)26(29)33/h2-12,18H,13-15H2,1H3/t18-/m1/s1. The summed E-state index contributed by atoms with van der Waals surface area (Å²) in [7, 11) is 0. The molecule has 10 heteroatoms. The Balaban J connectivity index is 1.30. The van der Waals surface area contributed by atoms with Gasteiger partial charge in [0.1, 0.15) is 11.3 Å². The third-order valence-electron chi connectivity index (χ3n) is 6.48. The third-order valence-corrected chi connectivity index (χ3v) is 6.48. The SMILES string of the molecule is Cc1cc(OC(=O)[C@@H]2CC(=O)N(Cc3ccccc3)C2)ccc1N1C(=O)c2cccc([N+](=O)[O-])c2C1=O. The van der Waals surface area contributed by atoms with Crippen LogP contribution < -0.4 is 9.64 Å². The number of nitro groups is 1. The molecule has 2 aliphatic rings. The first-order chi connectivity index (χ1) is 17.7. The van der Waals surface area contributed by atoms with Gasteiger partial charge in [0.2, 0.25) is 5.91 Å². The Morgan fingerprint density at radius 1 is 1.03 bits per heavy atom. The fourth-order valence-corrected chi connectivity index (χ4v) is 4.67. The zero-order valence-corrected chi connectivity index (χ0v) is 19.7. The van der Waals surface area contributed by atoms with E-state index in [9.17, 15) is 29.3 Å². The molecule has 0 unspecified atom stereocenters. The number of rotatable bonds is 6. The summed E-state index contributed by atoms with van der Waals surface area (Å²) in [6, 6.07) is 17.8. The highest BCUT2D eigenvalue weighted by molar-refractivity contribution is 6.35. The van der Waals surface area contributed by atoms with Crippen LogP contribution in [-0.4, -0.2) is 40.1 Å². The number of imide groups is 1. The fraction of sp³-hybridized carbons (Fsp3) is 0.185. The van der Waals surface area contributed by atoms with E-state index in [2.05, 4.69) is 0 Å². The maximum absolute atomic E-state index is 13.0. The minimum atomic E-state index is -0.789. The van der Waals surface area contributed by atoms with Crippen LogP contribution in [0.25, 0.3) is 0 Å². The van der Waals surface area contributed by atoms with Crippen molar-refractivity contribution in [3.8, 4) is 5.75 Å². The van der Waals surface area contributed by atoms with Gasteiger partial charge in [-0.05, 0) is 42.3 Å². The lowest BCUT2D eigenvalue weighted by atomic mass is 10.1. The highest BCUT2D eigenvalue weighted by Crippen LogP contribution is 2.36. The summed E-state index contributed by atoms with van der Waals surface area (Å²) in [4.78, 5) is 64.3. The highest BCUT2D eigenvalue weighted by atomic mass is 16.6. The van der Waals surface area contributed by atoms with E-state index in [4.69, 9.17) is 4.74 Å². The molecule has 0 saturated carbocycles. The summed E-state index contributed by atoms with van der Waals surface area (Å²) in [5, 5.41) is 11.4. The first kappa shape index (κ1) is 23.9. The van der Waals surface area contributed by atoms with E-state index in [-0.39, 0.29) is 41.4 Å². The lowest BCUT2D eigenvalue weighted by Gasteiger charge is -2.18. The molecule has 37 heavy (non-hydrogen) atoms. The van der Waals surface area contributed by atoms with Gasteiger partial charge in [-0.3, -0.25) is 29.3 Å². The summed E-state index contributed by atoms with van der Waals surface area (Å²) in [5.41, 5.74) is 0.919. The molecule has 1 fully saturated rings. The van der Waals surface area contributed by atoms with Crippen LogP contribution in [-0.2, 0) is 16.1 Å². The van der Waals surface area contributed by atoms with Crippen molar-refractivity contribution in [2.24, 2.45) is 5.92 Å². The largest absolute Gasteiger partial charge is 0.426 e. The van der Waals surface area contributed by atoms with Crippen molar-refractivity contribution in [2.75, 3.05) is 11.4 Å². The molecule has 5 rings (SSSR count). The molecule has 0 spiro atoms. The maximum atomic E-state index is 13.0. The van der Waals surface area contributed by atoms with E-state index < -0.39 is 34.3 Å². The molecule has 2 aliphatic heterocycles. The zero-order valence-electron chi connectivity index (χ0n) is 19.7. The number of hydrogen-bond acceptors (Lipinski definition) is 7. The molecule has 10 nitrogen and oxygen atoms in total. The van der Waals surface area contributed by atoms with Crippen molar-refractivity contribution in [1.29, 1.82) is 0 Å². The van der Waals surface area contributed by atoms with Crippen LogP contribution in [0.3, 0.4) is 0 Å². The molecule has 186 valence electrons. The topological polar surface area (TPSA) is 127 Å². The van der Waals surface area contributed by atoms with E-state index in [1.165, 1.54) is 36.4 Å². The van der Waals surface area contributed by atoms with Crippen molar-refractivity contribution in [2.45, 2.75) is 19.9 Å². The Morgan fingerprint density at radius 2 is 1.78 bits per heavy atom. The molecule has 3 aromatic carbocycles. The molecule has 3 amide bonds. The number of fused-ring (bicyclic) bond motifs is 1. The number of anilines is 1. The lowest BCUT2D eigenvalue weighted by molar-refractivity contribution is -0.385. The van der Waals surface area contributed by atoms with Gasteiger partial charge in [0.25, 0.3) is 17.5 Å². The van der Waals surface area contributed by atoms with Crippen molar-refractivity contribution in [3.05, 3.63) is 99.1 Å². The molecule has 0 N–H and O–H groups in total. The second-order valence-electron chi connectivity index (χ2n) is 8.93. The van der Waals surface area contributed by atoms with Crippen molar-refractivity contribution in [3.63, 3.8) is 0 Å². The van der Waals surface area contributed by atoms with Gasteiger partial charge in [-0.25, -0.2) is 4.90 Å². The predicted octanol–water partition coefficient (Wildman–Crippen LogP) is 3.66. The highest BCUT2D eigenvalue weighted by Gasteiger charge is 2.42. The minimum Gasteiger partial charge on any atom is -0.426 e. The molecule has 0 aromatic heterocycles. The summed E-state index contributed by atoms with van der Waals surface area (Å²) in [6.45, 7) is 2.29. The van der Waals surface area contributed by atoms with E-state index in [1.807, 2.05) is 30.3 Å². The number of esters is 1. The average Bonchev–Trinajstić information content (AvgIpc) is 3.36. The number of benzene rings is 3.